The van der Waals surface area contributed by atoms with Gasteiger partial charge in [0.15, 0.2) is 5.69 Å². The molecule has 2 rings (SSSR count). The minimum atomic E-state index is -0.196. The molecule has 0 aliphatic carbocycles. The molecular weight excluding hydrogens is 188 g/mol. The molecule has 0 spiro atoms. The Balaban J connectivity index is 2.33. The highest BCUT2D eigenvalue weighted by Crippen LogP contribution is 2.10. The number of ketones is 1. The molecule has 0 unspecified atom stereocenters. The fourth-order valence-electron chi connectivity index (χ4n) is 0.910. The summed E-state index contributed by atoms with van der Waals surface area (Å²) < 4.78 is 0. The maximum absolute atomic E-state index is 11.5. The maximum atomic E-state index is 11.5. The van der Waals surface area contributed by atoms with E-state index in [4.69, 9.17) is 0 Å². The van der Waals surface area contributed by atoms with Gasteiger partial charge in [-0.1, -0.05) is 0 Å². The quantitative estimate of drug-likeness (QED) is 0.718. The van der Waals surface area contributed by atoms with Crippen LogP contribution in [0.2, 0.25) is 0 Å². The van der Waals surface area contributed by atoms with Gasteiger partial charge < -0.3 is 0 Å². The van der Waals surface area contributed by atoms with Crippen LogP contribution in [0, 0.1) is 6.92 Å². The van der Waals surface area contributed by atoms with E-state index in [1.807, 2.05) is 6.92 Å². The molecule has 0 saturated carbocycles. The first kappa shape index (κ1) is 8.06. The van der Waals surface area contributed by atoms with Crippen LogP contribution in [0.4, 0.5) is 0 Å². The Labute approximate surface area is 77.8 Å². The minimum absolute atomic E-state index is 0.196. The van der Waals surface area contributed by atoms with Gasteiger partial charge in [0.1, 0.15) is 5.69 Å². The van der Waals surface area contributed by atoms with Crippen LogP contribution < -0.4 is 0 Å². The number of nitrogens with zero attached hydrogens (tertiary/aromatic N) is 3. The summed E-state index contributed by atoms with van der Waals surface area (Å²) in [6.07, 6.45) is 1.39. The van der Waals surface area contributed by atoms with Crippen LogP contribution in [0.1, 0.15) is 21.2 Å². The number of nitrogens with one attached hydrogen (secondary N) is 1. The minimum Gasteiger partial charge on any atom is -0.285 e. The fraction of sp³-hybridized carbons (Fsp3) is 0.143. The van der Waals surface area contributed by atoms with E-state index in [1.54, 1.807) is 5.38 Å². The first-order valence-corrected chi connectivity index (χ1v) is 4.48. The molecule has 0 atom stereocenters. The number of aromatic amines is 1. The van der Waals surface area contributed by atoms with E-state index >= 15 is 0 Å². The van der Waals surface area contributed by atoms with Crippen molar-refractivity contribution in [2.24, 2.45) is 0 Å². The van der Waals surface area contributed by atoms with Crippen molar-refractivity contribution in [1.29, 1.82) is 0 Å². The Morgan fingerprint density at radius 3 is 2.92 bits per heavy atom. The van der Waals surface area contributed by atoms with Crippen LogP contribution in [0.5, 0.6) is 0 Å². The lowest BCUT2D eigenvalue weighted by Crippen LogP contribution is -2.02. The third kappa shape index (κ3) is 1.48. The molecule has 13 heavy (non-hydrogen) atoms. The molecule has 6 heteroatoms. The molecule has 5 nitrogen and oxygen atoms in total. The average Bonchev–Trinajstić information content (AvgIpc) is 2.72. The Morgan fingerprint density at radius 2 is 2.38 bits per heavy atom. The van der Waals surface area contributed by atoms with Gasteiger partial charge in [0.2, 0.25) is 5.78 Å². The highest BCUT2D eigenvalue weighted by atomic mass is 32.1. The molecule has 0 aliphatic rings. The van der Waals surface area contributed by atoms with Gasteiger partial charge in [-0.05, 0) is 6.92 Å². The van der Waals surface area contributed by atoms with Crippen molar-refractivity contribution in [2.45, 2.75) is 6.92 Å². The summed E-state index contributed by atoms with van der Waals surface area (Å²) in [6.45, 7) is 1.85. The number of H-pyrrole nitrogens is 1. The van der Waals surface area contributed by atoms with Crippen molar-refractivity contribution in [1.82, 2.24) is 20.4 Å². The molecule has 0 aliphatic heterocycles. The largest absolute Gasteiger partial charge is 0.285 e. The van der Waals surface area contributed by atoms with E-state index < -0.39 is 0 Å². The molecule has 0 bridgehead atoms. The van der Waals surface area contributed by atoms with Crippen molar-refractivity contribution in [2.75, 3.05) is 0 Å². The second kappa shape index (κ2) is 3.06. The first-order valence-electron chi connectivity index (χ1n) is 3.60. The second-order valence-corrected chi connectivity index (χ2v) is 3.50. The summed E-state index contributed by atoms with van der Waals surface area (Å²) in [5, 5.41) is 12.2. The third-order valence-electron chi connectivity index (χ3n) is 1.50. The SMILES string of the molecule is Cc1nc(C(=O)c2cn[nH]n2)cs1. The molecule has 0 aromatic carbocycles. The average molecular weight is 194 g/mol. The number of aryl methyl sites for hydroxylation is 1. The van der Waals surface area contributed by atoms with Gasteiger partial charge in [-0.3, -0.25) is 4.79 Å². The molecular formula is C7H6N4OS. The van der Waals surface area contributed by atoms with E-state index in [9.17, 15) is 4.79 Å². The number of carbonyl (C=O) groups is 1. The molecule has 2 aromatic heterocycles. The van der Waals surface area contributed by atoms with Crippen molar-refractivity contribution in [3.8, 4) is 0 Å². The van der Waals surface area contributed by atoms with Crippen LogP contribution in [-0.2, 0) is 0 Å². The summed E-state index contributed by atoms with van der Waals surface area (Å²) in [5.41, 5.74) is 0.724. The number of carbonyl (C=O) groups excluding carboxylic acids is 1. The summed E-state index contributed by atoms with van der Waals surface area (Å²) in [4.78, 5) is 15.6. The topological polar surface area (TPSA) is 71.5 Å². The van der Waals surface area contributed by atoms with Gasteiger partial charge in [0, 0.05) is 5.38 Å². The lowest BCUT2D eigenvalue weighted by atomic mass is 10.2. The van der Waals surface area contributed by atoms with Crippen molar-refractivity contribution in [3.05, 3.63) is 28.0 Å². The van der Waals surface area contributed by atoms with E-state index in [-0.39, 0.29) is 5.78 Å². The van der Waals surface area contributed by atoms with E-state index in [0.29, 0.717) is 11.4 Å². The fourth-order valence-corrected chi connectivity index (χ4v) is 1.50. The van der Waals surface area contributed by atoms with E-state index in [2.05, 4.69) is 20.4 Å². The second-order valence-electron chi connectivity index (χ2n) is 2.44. The lowest BCUT2D eigenvalue weighted by molar-refractivity contribution is 0.103. The number of rotatable bonds is 2. The van der Waals surface area contributed by atoms with E-state index in [0.717, 1.165) is 5.01 Å². The number of thiazole rings is 1. The molecule has 2 heterocycles. The van der Waals surface area contributed by atoms with E-state index in [1.165, 1.54) is 17.5 Å². The predicted octanol–water partition coefficient (Wildman–Crippen LogP) is 0.801. The van der Waals surface area contributed by atoms with Gasteiger partial charge >= 0.3 is 0 Å². The molecule has 66 valence electrons. The Bertz CT molecular complexity index is 419. The maximum Gasteiger partial charge on any atom is 0.234 e. The summed E-state index contributed by atoms with van der Waals surface area (Å²) >= 11 is 1.44. The highest BCUT2D eigenvalue weighted by Gasteiger charge is 2.14. The number of aromatic nitrogens is 4. The zero-order valence-corrected chi connectivity index (χ0v) is 7.63. The van der Waals surface area contributed by atoms with Gasteiger partial charge in [-0.15, -0.1) is 11.3 Å². The molecule has 0 amide bonds. The Morgan fingerprint density at radius 1 is 1.54 bits per heavy atom. The highest BCUT2D eigenvalue weighted by molar-refractivity contribution is 7.09. The number of hydrogen-bond donors (Lipinski definition) is 1. The van der Waals surface area contributed by atoms with Crippen LogP contribution in [0.3, 0.4) is 0 Å². The standard InChI is InChI=1S/C7H6N4OS/c1-4-9-6(3-13-4)7(12)5-2-8-11-10-5/h2-3H,1H3,(H,8,10,11). The van der Waals surface area contributed by atoms with Crippen molar-refractivity contribution in [3.63, 3.8) is 0 Å². The van der Waals surface area contributed by atoms with Crippen LogP contribution in [0.25, 0.3) is 0 Å². The third-order valence-corrected chi connectivity index (χ3v) is 2.27. The molecule has 2 aromatic rings. The van der Waals surface area contributed by atoms with Gasteiger partial charge in [0.05, 0.1) is 11.2 Å². The Kier molecular flexibility index (Phi) is 1.90. The Hall–Kier alpha value is -1.56. The molecule has 0 fully saturated rings. The zero-order valence-electron chi connectivity index (χ0n) is 6.81. The summed E-state index contributed by atoms with van der Waals surface area (Å²) in [7, 11) is 0. The van der Waals surface area contributed by atoms with Crippen LogP contribution >= 0.6 is 11.3 Å². The summed E-state index contributed by atoms with van der Waals surface area (Å²) in [6, 6.07) is 0. The molecule has 0 saturated heterocycles. The predicted molar refractivity (Wildman–Crippen MR) is 46.7 cm³/mol. The lowest BCUT2D eigenvalue weighted by Gasteiger charge is -1.87. The van der Waals surface area contributed by atoms with Gasteiger partial charge in [-0.25, -0.2) is 4.98 Å². The normalized spacial score (nSPS) is 10.2. The first-order chi connectivity index (χ1) is 6.27. The van der Waals surface area contributed by atoms with Crippen LogP contribution in [-0.4, -0.2) is 26.2 Å². The van der Waals surface area contributed by atoms with Crippen LogP contribution in [0.15, 0.2) is 11.6 Å². The van der Waals surface area contributed by atoms with Gasteiger partial charge in [0.25, 0.3) is 0 Å². The van der Waals surface area contributed by atoms with Crippen molar-refractivity contribution >= 4 is 17.1 Å². The zero-order chi connectivity index (χ0) is 9.26. The summed E-state index contributed by atoms with van der Waals surface area (Å²) in [5.74, 6) is -0.196. The van der Waals surface area contributed by atoms with Gasteiger partial charge in [-0.2, -0.15) is 15.4 Å². The van der Waals surface area contributed by atoms with Crippen molar-refractivity contribution < 1.29 is 4.79 Å². The monoisotopic (exact) mass is 194 g/mol. The molecule has 1 N–H and O–H groups in total. The number of hydrogen-bond acceptors (Lipinski definition) is 5. The molecule has 0 radical (unpaired) electrons. The smallest absolute Gasteiger partial charge is 0.234 e.